The lowest BCUT2D eigenvalue weighted by atomic mass is 10.1. The highest BCUT2D eigenvalue weighted by molar-refractivity contribution is 7.64. The number of carbonyl (C=O) groups excluding carboxylic acids is 5. The second kappa shape index (κ2) is 19.6. The molecular formula is C39H38N3O12P. The van der Waals surface area contributed by atoms with Gasteiger partial charge in [-0.05, 0) is 48.9 Å². The zero-order chi connectivity index (χ0) is 39.0. The summed E-state index contributed by atoms with van der Waals surface area (Å²) in [5, 5.41) is 6.79. The van der Waals surface area contributed by atoms with E-state index in [0.717, 1.165) is 12.1 Å². The molecule has 0 saturated carbocycles. The third-order valence-corrected chi connectivity index (χ3v) is 9.34. The van der Waals surface area contributed by atoms with E-state index in [-0.39, 0.29) is 29.9 Å². The molecule has 1 aliphatic rings. The molecule has 1 aliphatic heterocycles. The topological polar surface area (TPSA) is 194 Å². The Hall–Kier alpha value is -6.44. The van der Waals surface area contributed by atoms with Crippen molar-refractivity contribution in [3.05, 3.63) is 156 Å². The Balaban J connectivity index is 1.39. The molecule has 1 fully saturated rings. The summed E-state index contributed by atoms with van der Waals surface area (Å²) in [4.78, 5) is 65.9. The lowest BCUT2D eigenvalue weighted by Crippen LogP contribution is -2.50. The molecule has 4 aromatic rings. The van der Waals surface area contributed by atoms with E-state index in [1.54, 1.807) is 91.9 Å². The van der Waals surface area contributed by atoms with E-state index in [9.17, 15) is 28.5 Å². The summed E-state index contributed by atoms with van der Waals surface area (Å²) in [6, 6.07) is 31.4. The predicted molar refractivity (Wildman–Crippen MR) is 196 cm³/mol. The summed E-state index contributed by atoms with van der Waals surface area (Å²) in [6.07, 6.45) is -5.97. The highest BCUT2D eigenvalue weighted by Crippen LogP contribution is 2.38. The summed E-state index contributed by atoms with van der Waals surface area (Å²) in [5.74, 6) is -1.48. The number of hydrogen-bond donors (Lipinski definition) is 3. The lowest BCUT2D eigenvalue weighted by Gasteiger charge is -2.25. The van der Waals surface area contributed by atoms with Crippen LogP contribution in [-0.4, -0.2) is 67.8 Å². The van der Waals surface area contributed by atoms with Crippen LogP contribution in [0.3, 0.4) is 0 Å². The van der Waals surface area contributed by atoms with E-state index in [2.05, 4.69) is 15.5 Å². The molecule has 5 atom stereocenters. The van der Waals surface area contributed by atoms with Gasteiger partial charge >= 0.3 is 30.0 Å². The monoisotopic (exact) mass is 771 g/mol. The Morgan fingerprint density at radius 2 is 1.18 bits per heavy atom. The first kappa shape index (κ1) is 39.8. The van der Waals surface area contributed by atoms with Gasteiger partial charge in [0, 0.05) is 5.82 Å². The minimum absolute atomic E-state index is 0.126. The molecule has 286 valence electrons. The molecule has 3 amide bonds. The van der Waals surface area contributed by atoms with Crippen molar-refractivity contribution in [2.24, 2.45) is 0 Å². The van der Waals surface area contributed by atoms with Crippen molar-refractivity contribution in [3.8, 4) is 0 Å². The second-order valence-electron chi connectivity index (χ2n) is 11.7. The molecule has 4 aromatic carbocycles. The fourth-order valence-electron chi connectivity index (χ4n) is 5.13. The largest absolute Gasteiger partial charge is 0.501 e. The number of benzene rings is 4. The fourth-order valence-corrected chi connectivity index (χ4v) is 6.29. The van der Waals surface area contributed by atoms with E-state index in [0.29, 0.717) is 5.56 Å². The molecule has 1 saturated heterocycles. The van der Waals surface area contributed by atoms with E-state index >= 15 is 0 Å². The first-order valence-corrected chi connectivity index (χ1v) is 18.8. The molecule has 1 heterocycles. The zero-order valence-corrected chi connectivity index (χ0v) is 30.4. The van der Waals surface area contributed by atoms with E-state index in [1.807, 2.05) is 0 Å². The average Bonchev–Trinajstić information content (AvgIpc) is 3.51. The van der Waals surface area contributed by atoms with Gasteiger partial charge in [-0.1, -0.05) is 84.9 Å². The second-order valence-corrected chi connectivity index (χ2v) is 13.8. The maximum Gasteiger partial charge on any atom is 0.414 e. The lowest BCUT2D eigenvalue weighted by molar-refractivity contribution is -0.0461. The summed E-state index contributed by atoms with van der Waals surface area (Å²) in [6.45, 7) is 1.19. The predicted octanol–water partition coefficient (Wildman–Crippen LogP) is 5.95. The van der Waals surface area contributed by atoms with Crippen LogP contribution in [0.25, 0.3) is 0 Å². The van der Waals surface area contributed by atoms with Gasteiger partial charge in [0.05, 0.1) is 29.6 Å². The van der Waals surface area contributed by atoms with Crippen LogP contribution in [0.4, 0.5) is 9.59 Å². The van der Waals surface area contributed by atoms with Gasteiger partial charge in [-0.15, -0.1) is 0 Å². The zero-order valence-electron chi connectivity index (χ0n) is 29.5. The summed E-state index contributed by atoms with van der Waals surface area (Å²) in [7, 11) is -4.30. The highest BCUT2D eigenvalue weighted by Gasteiger charge is 2.51. The SMILES string of the molecule is CCO/C=C/P(=O)(NC(=O)NC1OC(COC(=O)c2ccccc2)C(OC(=O)c2ccccc2)C1OC(=O)c1ccccc1)NC(=O)OCc1ccccc1. The highest BCUT2D eigenvalue weighted by atomic mass is 31.2. The molecule has 15 nitrogen and oxygen atoms in total. The number of rotatable bonds is 15. The maximum absolute atomic E-state index is 13.9. The van der Waals surface area contributed by atoms with Gasteiger partial charge in [-0.2, -0.15) is 0 Å². The summed E-state index contributed by atoms with van der Waals surface area (Å²) >= 11 is 0. The molecule has 5 rings (SSSR count). The molecule has 16 heteroatoms. The Labute approximate surface area is 316 Å². The van der Waals surface area contributed by atoms with Crippen molar-refractivity contribution in [2.75, 3.05) is 13.2 Å². The van der Waals surface area contributed by atoms with Crippen LogP contribution in [-0.2, 0) is 39.6 Å². The maximum atomic E-state index is 13.9. The van der Waals surface area contributed by atoms with Crippen LogP contribution in [0.1, 0.15) is 43.6 Å². The third kappa shape index (κ3) is 11.8. The Morgan fingerprint density at radius 3 is 1.73 bits per heavy atom. The number of urea groups is 1. The molecule has 0 spiro atoms. The van der Waals surface area contributed by atoms with Crippen molar-refractivity contribution in [2.45, 2.75) is 38.1 Å². The molecule has 55 heavy (non-hydrogen) atoms. The van der Waals surface area contributed by atoms with Crippen LogP contribution in [0.2, 0.25) is 0 Å². The first-order valence-electron chi connectivity index (χ1n) is 17.0. The molecular weight excluding hydrogens is 733 g/mol. The van der Waals surface area contributed by atoms with Crippen molar-refractivity contribution >= 4 is 37.5 Å². The molecule has 0 aliphatic carbocycles. The van der Waals surface area contributed by atoms with Crippen molar-refractivity contribution in [1.29, 1.82) is 0 Å². The third-order valence-electron chi connectivity index (χ3n) is 7.75. The number of ether oxygens (including phenoxy) is 6. The van der Waals surface area contributed by atoms with Gasteiger partial charge < -0.3 is 33.7 Å². The van der Waals surface area contributed by atoms with Gasteiger partial charge in [-0.25, -0.2) is 24.0 Å². The van der Waals surface area contributed by atoms with Gasteiger partial charge in [-0.3, -0.25) is 14.7 Å². The van der Waals surface area contributed by atoms with Crippen LogP contribution in [0, 0.1) is 0 Å². The first-order chi connectivity index (χ1) is 26.6. The van der Waals surface area contributed by atoms with Crippen LogP contribution >= 0.6 is 7.44 Å². The summed E-state index contributed by atoms with van der Waals surface area (Å²) in [5.41, 5.74) is 1.16. The van der Waals surface area contributed by atoms with Crippen molar-refractivity contribution in [3.63, 3.8) is 0 Å². The Morgan fingerprint density at radius 1 is 0.673 bits per heavy atom. The van der Waals surface area contributed by atoms with Crippen LogP contribution in [0.5, 0.6) is 0 Å². The normalized spacial score (nSPS) is 18.6. The van der Waals surface area contributed by atoms with Crippen LogP contribution < -0.4 is 15.5 Å². The molecule has 0 bridgehead atoms. The average molecular weight is 772 g/mol. The smallest absolute Gasteiger partial charge is 0.414 e. The van der Waals surface area contributed by atoms with Gasteiger partial charge in [0.2, 0.25) is 0 Å². The Bertz CT molecular complexity index is 1980. The molecule has 3 N–H and O–H groups in total. The number of nitrogens with one attached hydrogen (secondary N) is 3. The number of amides is 3. The number of esters is 3. The van der Waals surface area contributed by atoms with Gasteiger partial charge in [0.15, 0.2) is 18.4 Å². The quantitative estimate of drug-likeness (QED) is 0.0558. The molecule has 0 aromatic heterocycles. The van der Waals surface area contributed by atoms with Gasteiger partial charge in [0.1, 0.15) is 19.3 Å². The van der Waals surface area contributed by atoms with E-state index in [1.165, 1.54) is 36.4 Å². The van der Waals surface area contributed by atoms with Gasteiger partial charge in [0.25, 0.3) is 7.44 Å². The minimum Gasteiger partial charge on any atom is -0.501 e. The standard InChI is InChI=1S/C39H38N3O12P/c1-2-49-23-24-55(48,42-39(47)51-25-27-15-7-3-8-16-27)41-38(46)40-34-33(54-37(45)30-21-13-6-14-22-30)32(53-36(44)29-19-11-5-12-20-29)31(52-34)26-50-35(43)28-17-9-4-10-18-28/h3-24,31-34H,2,25-26H2,1H3,(H3,40,41,42,46,47,48)/b24-23+. The molecule has 0 radical (unpaired) electrons. The summed E-state index contributed by atoms with van der Waals surface area (Å²) < 4.78 is 47.4. The molecule has 5 unspecified atom stereocenters. The van der Waals surface area contributed by atoms with Crippen molar-refractivity contribution < 1.29 is 57.0 Å². The van der Waals surface area contributed by atoms with Crippen molar-refractivity contribution in [1.82, 2.24) is 15.5 Å². The van der Waals surface area contributed by atoms with Crippen LogP contribution in [0.15, 0.2) is 133 Å². The van der Waals surface area contributed by atoms with E-state index in [4.69, 9.17) is 28.4 Å². The van der Waals surface area contributed by atoms with E-state index < -0.39 is 68.6 Å². The minimum atomic E-state index is -4.30. The Kier molecular flexibility index (Phi) is 14.2. The fraction of sp³-hybridized carbons (Fsp3) is 0.205. The number of carbonyl (C=O) groups is 5. The number of hydrogen-bond acceptors (Lipinski definition) is 12.